The first-order chi connectivity index (χ1) is 17.6. The van der Waals surface area contributed by atoms with Crippen molar-refractivity contribution in [1.29, 1.82) is 5.26 Å². The number of nitrogens with one attached hydrogen (secondary N) is 1. The van der Waals surface area contributed by atoms with Crippen molar-refractivity contribution in [2.45, 2.75) is 56.3 Å². The van der Waals surface area contributed by atoms with Crippen LogP contribution < -0.4 is 5.32 Å². The van der Waals surface area contributed by atoms with Crippen LogP contribution in [0.3, 0.4) is 0 Å². The summed E-state index contributed by atoms with van der Waals surface area (Å²) in [4.78, 5) is 17.1. The molecule has 2 aliphatic rings. The van der Waals surface area contributed by atoms with Gasteiger partial charge < -0.3 is 20.2 Å². The van der Waals surface area contributed by atoms with E-state index in [0.717, 1.165) is 38.1 Å². The molecule has 0 atom stereocenters. The number of hydrogen-bond donors (Lipinski definition) is 2. The van der Waals surface area contributed by atoms with Gasteiger partial charge in [-0.1, -0.05) is 12.1 Å². The third kappa shape index (κ3) is 6.59. The van der Waals surface area contributed by atoms with E-state index in [0.29, 0.717) is 56.0 Å². The van der Waals surface area contributed by atoms with Crippen LogP contribution in [0.15, 0.2) is 42.5 Å². The molecular formula is C27H30F4N4O2. The number of aliphatic hydroxyl groups is 1. The van der Waals surface area contributed by atoms with E-state index in [9.17, 15) is 32.7 Å². The predicted molar refractivity (Wildman–Crippen MR) is 130 cm³/mol. The Balaban J connectivity index is 1.50. The largest absolute Gasteiger partial charge is 0.416 e. The van der Waals surface area contributed by atoms with Crippen molar-refractivity contribution in [3.05, 3.63) is 65.0 Å². The van der Waals surface area contributed by atoms with Crippen LogP contribution in [0.5, 0.6) is 0 Å². The summed E-state index contributed by atoms with van der Waals surface area (Å²) in [5.41, 5.74) is -1.46. The third-order valence-corrected chi connectivity index (χ3v) is 7.35. The van der Waals surface area contributed by atoms with Crippen molar-refractivity contribution in [3.8, 4) is 6.07 Å². The van der Waals surface area contributed by atoms with E-state index in [2.05, 4.69) is 16.3 Å². The smallest absolute Gasteiger partial charge is 0.385 e. The van der Waals surface area contributed by atoms with Gasteiger partial charge in [-0.25, -0.2) is 9.18 Å². The number of nitriles is 1. The van der Waals surface area contributed by atoms with Gasteiger partial charge in [-0.05, 0) is 87.5 Å². The van der Waals surface area contributed by atoms with Crippen molar-refractivity contribution < 1.29 is 27.5 Å². The second kappa shape index (κ2) is 11.1. The Hall–Kier alpha value is -3.16. The van der Waals surface area contributed by atoms with Crippen LogP contribution in [0.25, 0.3) is 0 Å². The number of nitrogens with zero attached hydrogens (tertiary/aromatic N) is 3. The summed E-state index contributed by atoms with van der Waals surface area (Å²) in [6.45, 7) is 2.83. The Kier molecular flexibility index (Phi) is 8.05. The molecule has 2 aromatic carbocycles. The molecule has 0 radical (unpaired) electrons. The van der Waals surface area contributed by atoms with Gasteiger partial charge in [0.15, 0.2) is 0 Å². The number of benzene rings is 2. The molecule has 0 bridgehead atoms. The van der Waals surface area contributed by atoms with Crippen molar-refractivity contribution >= 4 is 11.7 Å². The fourth-order valence-corrected chi connectivity index (χ4v) is 5.28. The summed E-state index contributed by atoms with van der Waals surface area (Å²) in [5.74, 6) is -1.09. The summed E-state index contributed by atoms with van der Waals surface area (Å²) in [6.07, 6.45) is -0.929. The number of carbonyl (C=O) groups is 1. The third-order valence-electron chi connectivity index (χ3n) is 7.35. The van der Waals surface area contributed by atoms with Crippen molar-refractivity contribution in [2.75, 3.05) is 31.5 Å². The molecule has 0 unspecified atom stereocenters. The van der Waals surface area contributed by atoms with Crippen molar-refractivity contribution in [3.63, 3.8) is 0 Å². The predicted octanol–water partition coefficient (Wildman–Crippen LogP) is 5.48. The van der Waals surface area contributed by atoms with Gasteiger partial charge in [-0.3, -0.25) is 0 Å². The summed E-state index contributed by atoms with van der Waals surface area (Å²) in [6, 6.07) is 10.0. The minimum Gasteiger partial charge on any atom is -0.385 e. The van der Waals surface area contributed by atoms with Crippen LogP contribution in [0, 0.1) is 17.1 Å². The van der Waals surface area contributed by atoms with Crippen LogP contribution in [0.2, 0.25) is 0 Å². The molecule has 1 heterocycles. The second-order valence-electron chi connectivity index (χ2n) is 9.85. The Labute approximate surface area is 213 Å². The summed E-state index contributed by atoms with van der Waals surface area (Å²) in [7, 11) is 0. The van der Waals surface area contributed by atoms with E-state index >= 15 is 0 Å². The molecular weight excluding hydrogens is 488 g/mol. The maximum atomic E-state index is 13.9. The normalized spacial score (nSPS) is 22.4. The van der Waals surface area contributed by atoms with Crippen molar-refractivity contribution in [1.82, 2.24) is 9.80 Å². The minimum atomic E-state index is -4.74. The van der Waals surface area contributed by atoms with Gasteiger partial charge in [0, 0.05) is 24.8 Å². The number of alkyl halides is 3. The van der Waals surface area contributed by atoms with Gasteiger partial charge in [0.2, 0.25) is 0 Å². The van der Waals surface area contributed by atoms with Gasteiger partial charge >= 0.3 is 12.2 Å². The number of urea groups is 1. The topological polar surface area (TPSA) is 79.6 Å². The Morgan fingerprint density at radius 3 is 2.51 bits per heavy atom. The number of likely N-dealkylation sites (tertiary alicyclic amines) is 1. The van der Waals surface area contributed by atoms with E-state index < -0.39 is 29.2 Å². The Morgan fingerprint density at radius 2 is 1.86 bits per heavy atom. The molecule has 1 aliphatic heterocycles. The molecule has 1 aliphatic carbocycles. The maximum Gasteiger partial charge on any atom is 0.416 e. The molecule has 6 nitrogen and oxygen atoms in total. The van der Waals surface area contributed by atoms with E-state index in [1.165, 1.54) is 0 Å². The standard InChI is InChI=1S/C27H30F4N4O2/c28-22-15-21(27(29,30)31)16-23(17-22)33-25(36)35(13-12-34-10-1-2-11-34)24-6-8-26(37,9-7-24)20-5-3-4-19(14-20)18-32/h3-5,14-17,24,37H,1-2,6-13H2,(H,33,36). The minimum absolute atomic E-state index is 0.252. The zero-order valence-corrected chi connectivity index (χ0v) is 20.4. The average Bonchev–Trinajstić information content (AvgIpc) is 3.38. The van der Waals surface area contributed by atoms with E-state index in [4.69, 9.17) is 0 Å². The highest BCUT2D eigenvalue weighted by molar-refractivity contribution is 5.89. The van der Waals surface area contributed by atoms with E-state index in [1.54, 1.807) is 29.2 Å². The molecule has 37 heavy (non-hydrogen) atoms. The Morgan fingerprint density at radius 1 is 1.16 bits per heavy atom. The second-order valence-corrected chi connectivity index (χ2v) is 9.85. The lowest BCUT2D eigenvalue weighted by molar-refractivity contribution is -0.137. The molecule has 1 saturated carbocycles. The van der Waals surface area contributed by atoms with Gasteiger partial charge in [0.1, 0.15) is 5.82 Å². The molecule has 2 amide bonds. The molecule has 2 fully saturated rings. The Bertz CT molecular complexity index is 1150. The van der Waals surface area contributed by atoms with Gasteiger partial charge in [0.25, 0.3) is 0 Å². The highest BCUT2D eigenvalue weighted by atomic mass is 19.4. The number of hydrogen-bond acceptors (Lipinski definition) is 4. The highest BCUT2D eigenvalue weighted by Gasteiger charge is 2.38. The zero-order chi connectivity index (χ0) is 26.6. The first kappa shape index (κ1) is 26.9. The molecule has 0 spiro atoms. The van der Waals surface area contributed by atoms with Crippen LogP contribution in [-0.2, 0) is 11.8 Å². The monoisotopic (exact) mass is 518 g/mol. The lowest BCUT2D eigenvalue weighted by Gasteiger charge is -2.41. The molecule has 1 saturated heterocycles. The first-order valence-corrected chi connectivity index (χ1v) is 12.5. The number of rotatable bonds is 6. The molecule has 0 aromatic heterocycles. The molecule has 4 rings (SSSR count). The number of halogens is 4. The maximum absolute atomic E-state index is 13.9. The molecule has 2 N–H and O–H groups in total. The van der Waals surface area contributed by atoms with Crippen molar-refractivity contribution in [2.24, 2.45) is 0 Å². The van der Waals surface area contributed by atoms with Crippen LogP contribution in [-0.4, -0.2) is 53.2 Å². The summed E-state index contributed by atoms with van der Waals surface area (Å²) < 4.78 is 53.4. The van der Waals surface area contributed by atoms with E-state index in [-0.39, 0.29) is 11.7 Å². The van der Waals surface area contributed by atoms with Crippen LogP contribution in [0.4, 0.5) is 28.0 Å². The quantitative estimate of drug-likeness (QED) is 0.497. The molecule has 10 heteroatoms. The summed E-state index contributed by atoms with van der Waals surface area (Å²) >= 11 is 0. The zero-order valence-electron chi connectivity index (χ0n) is 20.4. The highest BCUT2D eigenvalue weighted by Crippen LogP contribution is 2.39. The van der Waals surface area contributed by atoms with Gasteiger partial charge in [-0.2, -0.15) is 18.4 Å². The van der Waals surface area contributed by atoms with E-state index in [1.807, 2.05) is 0 Å². The van der Waals surface area contributed by atoms with Crippen LogP contribution >= 0.6 is 0 Å². The number of amides is 2. The average molecular weight is 519 g/mol. The molecule has 198 valence electrons. The number of anilines is 1. The lowest BCUT2D eigenvalue weighted by Crippen LogP contribution is -2.49. The molecule has 2 aromatic rings. The lowest BCUT2D eigenvalue weighted by atomic mass is 9.77. The fraction of sp³-hybridized carbons (Fsp3) is 0.481. The first-order valence-electron chi connectivity index (χ1n) is 12.5. The van der Waals surface area contributed by atoms with Gasteiger partial charge in [-0.15, -0.1) is 0 Å². The van der Waals surface area contributed by atoms with Crippen LogP contribution in [0.1, 0.15) is 55.2 Å². The number of carbonyl (C=O) groups excluding carboxylic acids is 1. The fourth-order valence-electron chi connectivity index (χ4n) is 5.28. The SMILES string of the molecule is N#Cc1cccc(C2(O)CCC(N(CCN3CCCC3)C(=O)Nc3cc(F)cc(C(F)(F)F)c3)CC2)c1. The van der Waals surface area contributed by atoms with Gasteiger partial charge in [0.05, 0.1) is 22.8 Å². The summed E-state index contributed by atoms with van der Waals surface area (Å²) in [5, 5.41) is 23.0.